The van der Waals surface area contributed by atoms with Crippen molar-refractivity contribution in [1.82, 2.24) is 0 Å². The molecule has 1 aromatic carbocycles. The minimum atomic E-state index is -0.196. The number of aliphatic hydroxyl groups excluding tert-OH is 1. The van der Waals surface area contributed by atoms with Gasteiger partial charge in [-0.2, -0.15) is 0 Å². The summed E-state index contributed by atoms with van der Waals surface area (Å²) in [7, 11) is 0. The highest BCUT2D eigenvalue weighted by Crippen LogP contribution is 2.30. The van der Waals surface area contributed by atoms with E-state index in [9.17, 15) is 9.50 Å². The van der Waals surface area contributed by atoms with Crippen molar-refractivity contribution in [2.75, 3.05) is 0 Å². The van der Waals surface area contributed by atoms with Crippen molar-refractivity contribution in [2.45, 2.75) is 25.4 Å². The predicted molar refractivity (Wildman–Crippen MR) is 48.8 cm³/mol. The molecule has 70 valence electrons. The van der Waals surface area contributed by atoms with E-state index >= 15 is 0 Å². The van der Waals surface area contributed by atoms with Crippen LogP contribution < -0.4 is 0 Å². The molecule has 0 saturated heterocycles. The lowest BCUT2D eigenvalue weighted by atomic mass is 9.78. The molecule has 1 aliphatic rings. The standard InChI is InChI=1S/C11H13FO/c12-10-4-1-8(2-5-10)7-9-3-6-11(9)13/h1-2,4-5,9,11,13H,3,6-7H2. The highest BCUT2D eigenvalue weighted by molar-refractivity contribution is 5.17. The summed E-state index contributed by atoms with van der Waals surface area (Å²) >= 11 is 0. The summed E-state index contributed by atoms with van der Waals surface area (Å²) in [4.78, 5) is 0. The molecular formula is C11H13FO. The third-order valence-electron chi connectivity index (χ3n) is 2.79. The van der Waals surface area contributed by atoms with Crippen LogP contribution in [0.15, 0.2) is 24.3 Å². The van der Waals surface area contributed by atoms with Crippen LogP contribution in [-0.4, -0.2) is 11.2 Å². The van der Waals surface area contributed by atoms with Crippen molar-refractivity contribution in [3.05, 3.63) is 35.6 Å². The molecule has 0 radical (unpaired) electrons. The third kappa shape index (κ3) is 1.89. The number of halogens is 1. The Kier molecular flexibility index (Phi) is 2.32. The summed E-state index contributed by atoms with van der Waals surface area (Å²) in [6.45, 7) is 0. The van der Waals surface area contributed by atoms with Crippen molar-refractivity contribution >= 4 is 0 Å². The van der Waals surface area contributed by atoms with Crippen molar-refractivity contribution in [2.24, 2.45) is 5.92 Å². The smallest absolute Gasteiger partial charge is 0.123 e. The van der Waals surface area contributed by atoms with Crippen LogP contribution in [0.2, 0.25) is 0 Å². The molecule has 1 N–H and O–H groups in total. The molecule has 0 aromatic heterocycles. The molecule has 1 aromatic rings. The van der Waals surface area contributed by atoms with Gasteiger partial charge in [0.2, 0.25) is 0 Å². The predicted octanol–water partition coefficient (Wildman–Crippen LogP) is 2.14. The lowest BCUT2D eigenvalue weighted by Crippen LogP contribution is -2.32. The van der Waals surface area contributed by atoms with Gasteiger partial charge < -0.3 is 5.11 Å². The second kappa shape index (κ2) is 3.46. The van der Waals surface area contributed by atoms with Gasteiger partial charge in [-0.05, 0) is 42.9 Å². The monoisotopic (exact) mass is 180 g/mol. The molecule has 1 fully saturated rings. The molecule has 1 aliphatic carbocycles. The van der Waals surface area contributed by atoms with Crippen LogP contribution in [0, 0.1) is 11.7 Å². The highest BCUT2D eigenvalue weighted by atomic mass is 19.1. The Labute approximate surface area is 77.2 Å². The van der Waals surface area contributed by atoms with E-state index in [2.05, 4.69) is 0 Å². The summed E-state index contributed by atoms with van der Waals surface area (Å²) in [5.74, 6) is 0.198. The Hall–Kier alpha value is -0.890. The van der Waals surface area contributed by atoms with Gasteiger partial charge in [0.1, 0.15) is 5.82 Å². The first kappa shape index (κ1) is 8.70. The normalized spacial score (nSPS) is 26.9. The molecule has 0 amide bonds. The van der Waals surface area contributed by atoms with E-state index in [4.69, 9.17) is 0 Å². The number of hydrogen-bond donors (Lipinski definition) is 1. The Balaban J connectivity index is 1.98. The minimum absolute atomic E-state index is 0.134. The molecule has 0 heterocycles. The Morgan fingerprint density at radius 2 is 1.92 bits per heavy atom. The van der Waals surface area contributed by atoms with E-state index in [0.29, 0.717) is 5.92 Å². The first-order chi connectivity index (χ1) is 6.25. The average molecular weight is 180 g/mol. The maximum Gasteiger partial charge on any atom is 0.123 e. The molecular weight excluding hydrogens is 167 g/mol. The largest absolute Gasteiger partial charge is 0.393 e. The first-order valence-corrected chi connectivity index (χ1v) is 4.68. The van der Waals surface area contributed by atoms with Crippen molar-refractivity contribution in [3.63, 3.8) is 0 Å². The van der Waals surface area contributed by atoms with Crippen LogP contribution in [0.3, 0.4) is 0 Å². The summed E-state index contributed by atoms with van der Waals surface area (Å²) in [6.07, 6.45) is 2.76. The van der Waals surface area contributed by atoms with Crippen molar-refractivity contribution in [1.29, 1.82) is 0 Å². The van der Waals surface area contributed by atoms with Gasteiger partial charge in [0.05, 0.1) is 6.10 Å². The Bertz CT molecular complexity index is 281. The van der Waals surface area contributed by atoms with Crippen LogP contribution in [0.1, 0.15) is 18.4 Å². The summed E-state index contributed by atoms with van der Waals surface area (Å²) in [6, 6.07) is 6.53. The quantitative estimate of drug-likeness (QED) is 0.739. The topological polar surface area (TPSA) is 20.2 Å². The lowest BCUT2D eigenvalue weighted by molar-refractivity contribution is 0.0244. The highest BCUT2D eigenvalue weighted by Gasteiger charge is 2.28. The zero-order valence-corrected chi connectivity index (χ0v) is 7.41. The molecule has 0 aliphatic heterocycles. The van der Waals surface area contributed by atoms with E-state index < -0.39 is 0 Å². The van der Waals surface area contributed by atoms with Gasteiger partial charge in [0.15, 0.2) is 0 Å². The number of benzene rings is 1. The van der Waals surface area contributed by atoms with Crippen molar-refractivity contribution < 1.29 is 9.50 Å². The molecule has 2 rings (SSSR count). The van der Waals surface area contributed by atoms with Crippen LogP contribution >= 0.6 is 0 Å². The molecule has 2 atom stereocenters. The lowest BCUT2D eigenvalue weighted by Gasteiger charge is -2.32. The first-order valence-electron chi connectivity index (χ1n) is 4.68. The van der Waals surface area contributed by atoms with Crippen molar-refractivity contribution in [3.8, 4) is 0 Å². The Morgan fingerprint density at radius 3 is 2.38 bits per heavy atom. The number of hydrogen-bond acceptors (Lipinski definition) is 1. The van der Waals surface area contributed by atoms with Gasteiger partial charge >= 0.3 is 0 Å². The van der Waals surface area contributed by atoms with E-state index in [-0.39, 0.29) is 11.9 Å². The maximum absolute atomic E-state index is 12.5. The minimum Gasteiger partial charge on any atom is -0.393 e. The van der Waals surface area contributed by atoms with Gasteiger partial charge in [-0.1, -0.05) is 12.1 Å². The van der Waals surface area contributed by atoms with Gasteiger partial charge in [0, 0.05) is 0 Å². The summed E-state index contributed by atoms with van der Waals surface area (Å²) < 4.78 is 12.5. The van der Waals surface area contributed by atoms with E-state index in [1.807, 2.05) is 0 Å². The number of aliphatic hydroxyl groups is 1. The van der Waals surface area contributed by atoms with Crippen LogP contribution in [-0.2, 0) is 6.42 Å². The molecule has 0 bridgehead atoms. The Morgan fingerprint density at radius 1 is 1.23 bits per heavy atom. The zero-order valence-electron chi connectivity index (χ0n) is 7.41. The molecule has 0 spiro atoms. The fraction of sp³-hybridized carbons (Fsp3) is 0.455. The molecule has 13 heavy (non-hydrogen) atoms. The zero-order chi connectivity index (χ0) is 9.26. The molecule has 1 nitrogen and oxygen atoms in total. The summed E-state index contributed by atoms with van der Waals surface area (Å²) in [5, 5.41) is 9.35. The average Bonchev–Trinajstić information content (AvgIpc) is 2.15. The maximum atomic E-state index is 12.5. The van der Waals surface area contributed by atoms with Crippen LogP contribution in [0.4, 0.5) is 4.39 Å². The molecule has 2 heteroatoms. The second-order valence-corrected chi connectivity index (χ2v) is 3.74. The van der Waals surface area contributed by atoms with Crippen LogP contribution in [0.5, 0.6) is 0 Å². The van der Waals surface area contributed by atoms with E-state index in [1.54, 1.807) is 12.1 Å². The molecule has 2 unspecified atom stereocenters. The van der Waals surface area contributed by atoms with Crippen LogP contribution in [0.25, 0.3) is 0 Å². The van der Waals surface area contributed by atoms with E-state index in [1.165, 1.54) is 12.1 Å². The van der Waals surface area contributed by atoms with Gasteiger partial charge in [-0.15, -0.1) is 0 Å². The fourth-order valence-corrected chi connectivity index (χ4v) is 1.71. The second-order valence-electron chi connectivity index (χ2n) is 3.74. The SMILES string of the molecule is OC1CCC1Cc1ccc(F)cc1. The fourth-order valence-electron chi connectivity index (χ4n) is 1.71. The van der Waals surface area contributed by atoms with Gasteiger partial charge in [0.25, 0.3) is 0 Å². The van der Waals surface area contributed by atoms with Gasteiger partial charge in [-0.3, -0.25) is 0 Å². The van der Waals surface area contributed by atoms with E-state index in [0.717, 1.165) is 24.8 Å². The third-order valence-corrected chi connectivity index (χ3v) is 2.79. The summed E-state index contributed by atoms with van der Waals surface area (Å²) in [5.41, 5.74) is 1.12. The molecule has 1 saturated carbocycles. The van der Waals surface area contributed by atoms with Gasteiger partial charge in [-0.25, -0.2) is 4.39 Å². The number of rotatable bonds is 2.